The van der Waals surface area contributed by atoms with E-state index in [-0.39, 0.29) is 23.4 Å². The van der Waals surface area contributed by atoms with Crippen LogP contribution in [0.4, 0.5) is 0 Å². The molecule has 0 aromatic heterocycles. The Hall–Kier alpha value is -2.18. The SMILES string of the molecule is CC(C)C[C@@H](NC(=O)CN(C)S(=O)(=O)c1ccccc1)c1ccccc1. The first kappa shape index (κ1) is 20.1. The van der Waals surface area contributed by atoms with E-state index in [1.807, 2.05) is 30.3 Å². The molecule has 1 amide bonds. The van der Waals surface area contributed by atoms with Crippen molar-refractivity contribution in [2.75, 3.05) is 13.6 Å². The molecule has 0 saturated heterocycles. The number of likely N-dealkylation sites (N-methyl/N-ethyl adjacent to an activating group) is 1. The highest BCUT2D eigenvalue weighted by Crippen LogP contribution is 2.21. The van der Waals surface area contributed by atoms with Crippen LogP contribution in [0.15, 0.2) is 65.6 Å². The quantitative estimate of drug-likeness (QED) is 0.771. The molecule has 0 unspecified atom stereocenters. The van der Waals surface area contributed by atoms with Gasteiger partial charge in [-0.1, -0.05) is 62.4 Å². The van der Waals surface area contributed by atoms with E-state index in [9.17, 15) is 13.2 Å². The summed E-state index contributed by atoms with van der Waals surface area (Å²) in [7, 11) is -2.27. The van der Waals surface area contributed by atoms with Gasteiger partial charge in [-0.2, -0.15) is 4.31 Å². The van der Waals surface area contributed by atoms with Crippen molar-refractivity contribution in [2.24, 2.45) is 5.92 Å². The summed E-state index contributed by atoms with van der Waals surface area (Å²) < 4.78 is 26.2. The topological polar surface area (TPSA) is 66.5 Å². The minimum atomic E-state index is -3.69. The number of carbonyl (C=O) groups is 1. The van der Waals surface area contributed by atoms with Gasteiger partial charge in [-0.05, 0) is 30.0 Å². The number of carbonyl (C=O) groups excluding carboxylic acids is 1. The molecule has 1 N–H and O–H groups in total. The lowest BCUT2D eigenvalue weighted by Gasteiger charge is -2.23. The normalized spacial score (nSPS) is 13.0. The zero-order valence-electron chi connectivity index (χ0n) is 15.4. The summed E-state index contributed by atoms with van der Waals surface area (Å²) in [6.07, 6.45) is 0.783. The van der Waals surface area contributed by atoms with Gasteiger partial charge in [-0.25, -0.2) is 8.42 Å². The van der Waals surface area contributed by atoms with Crippen LogP contribution in [0.2, 0.25) is 0 Å². The Kier molecular flexibility index (Phi) is 6.94. The van der Waals surface area contributed by atoms with Crippen LogP contribution in [0.25, 0.3) is 0 Å². The number of amides is 1. The van der Waals surface area contributed by atoms with Crippen molar-refractivity contribution in [3.05, 3.63) is 66.2 Å². The summed E-state index contributed by atoms with van der Waals surface area (Å²) in [6, 6.07) is 17.7. The lowest BCUT2D eigenvalue weighted by molar-refractivity contribution is -0.122. The van der Waals surface area contributed by atoms with Gasteiger partial charge in [0.1, 0.15) is 0 Å². The van der Waals surface area contributed by atoms with E-state index in [0.29, 0.717) is 5.92 Å². The molecule has 0 radical (unpaired) electrons. The number of rotatable bonds is 8. The maximum Gasteiger partial charge on any atom is 0.243 e. The van der Waals surface area contributed by atoms with Crippen LogP contribution in [0.1, 0.15) is 31.9 Å². The Labute approximate surface area is 156 Å². The highest BCUT2D eigenvalue weighted by molar-refractivity contribution is 7.89. The van der Waals surface area contributed by atoms with Gasteiger partial charge < -0.3 is 5.32 Å². The van der Waals surface area contributed by atoms with Gasteiger partial charge in [0.25, 0.3) is 0 Å². The molecule has 0 fully saturated rings. The Morgan fingerprint density at radius 2 is 1.54 bits per heavy atom. The lowest BCUT2D eigenvalue weighted by atomic mass is 9.97. The van der Waals surface area contributed by atoms with E-state index in [1.165, 1.54) is 19.2 Å². The van der Waals surface area contributed by atoms with E-state index in [4.69, 9.17) is 0 Å². The second kappa shape index (κ2) is 8.96. The van der Waals surface area contributed by atoms with Gasteiger partial charge in [-0.15, -0.1) is 0 Å². The van der Waals surface area contributed by atoms with Crippen LogP contribution in [-0.4, -0.2) is 32.2 Å². The standard InChI is InChI=1S/C20H26N2O3S/c1-16(2)14-19(17-10-6-4-7-11-17)21-20(23)15-22(3)26(24,25)18-12-8-5-9-13-18/h4-13,16,19H,14-15H2,1-3H3,(H,21,23)/t19-/m1/s1. The van der Waals surface area contributed by atoms with Crippen molar-refractivity contribution in [2.45, 2.75) is 31.2 Å². The van der Waals surface area contributed by atoms with Gasteiger partial charge in [0.2, 0.25) is 15.9 Å². The van der Waals surface area contributed by atoms with Gasteiger partial charge in [0, 0.05) is 7.05 Å². The average molecular weight is 375 g/mol. The molecule has 0 heterocycles. The Balaban J connectivity index is 2.08. The molecule has 0 saturated carbocycles. The first-order valence-corrected chi connectivity index (χ1v) is 10.1. The molecule has 0 aliphatic heterocycles. The van der Waals surface area contributed by atoms with Crippen LogP contribution in [0.5, 0.6) is 0 Å². The smallest absolute Gasteiger partial charge is 0.243 e. The fraction of sp³-hybridized carbons (Fsp3) is 0.350. The molecule has 0 aliphatic carbocycles. The first-order valence-electron chi connectivity index (χ1n) is 8.66. The molecule has 26 heavy (non-hydrogen) atoms. The number of nitrogens with zero attached hydrogens (tertiary/aromatic N) is 1. The maximum atomic E-state index is 12.5. The average Bonchev–Trinajstić information content (AvgIpc) is 2.62. The monoisotopic (exact) mass is 374 g/mol. The molecule has 0 spiro atoms. The number of sulfonamides is 1. The fourth-order valence-corrected chi connectivity index (χ4v) is 3.88. The Bertz CT molecular complexity index is 805. The minimum absolute atomic E-state index is 0.142. The molecular weight excluding hydrogens is 348 g/mol. The third-order valence-corrected chi connectivity index (χ3v) is 5.88. The number of hydrogen-bond donors (Lipinski definition) is 1. The van der Waals surface area contributed by atoms with Crippen LogP contribution < -0.4 is 5.32 Å². The predicted molar refractivity (Wildman–Crippen MR) is 103 cm³/mol. The highest BCUT2D eigenvalue weighted by atomic mass is 32.2. The van der Waals surface area contributed by atoms with E-state index in [0.717, 1.165) is 16.3 Å². The lowest BCUT2D eigenvalue weighted by Crippen LogP contribution is -2.40. The molecule has 2 aromatic carbocycles. The van der Waals surface area contributed by atoms with Crippen molar-refractivity contribution in [3.8, 4) is 0 Å². The number of benzene rings is 2. The fourth-order valence-electron chi connectivity index (χ4n) is 2.73. The van der Waals surface area contributed by atoms with Crippen LogP contribution in [0.3, 0.4) is 0 Å². The molecule has 0 bridgehead atoms. The van der Waals surface area contributed by atoms with E-state index in [2.05, 4.69) is 19.2 Å². The molecule has 6 heteroatoms. The Morgan fingerprint density at radius 3 is 2.08 bits per heavy atom. The summed E-state index contributed by atoms with van der Waals surface area (Å²) in [6.45, 7) is 3.96. The molecule has 5 nitrogen and oxygen atoms in total. The van der Waals surface area contributed by atoms with Gasteiger partial charge in [0.15, 0.2) is 0 Å². The van der Waals surface area contributed by atoms with Gasteiger partial charge >= 0.3 is 0 Å². The largest absolute Gasteiger partial charge is 0.348 e. The maximum absolute atomic E-state index is 12.5. The summed E-state index contributed by atoms with van der Waals surface area (Å²) in [4.78, 5) is 12.7. The van der Waals surface area contributed by atoms with E-state index < -0.39 is 10.0 Å². The zero-order valence-corrected chi connectivity index (χ0v) is 16.2. The van der Waals surface area contributed by atoms with E-state index in [1.54, 1.807) is 18.2 Å². The van der Waals surface area contributed by atoms with Crippen molar-refractivity contribution >= 4 is 15.9 Å². The van der Waals surface area contributed by atoms with Crippen molar-refractivity contribution in [1.82, 2.24) is 9.62 Å². The van der Waals surface area contributed by atoms with Gasteiger partial charge in [0.05, 0.1) is 17.5 Å². The first-order chi connectivity index (χ1) is 12.3. The second-order valence-electron chi connectivity index (χ2n) is 6.73. The van der Waals surface area contributed by atoms with E-state index >= 15 is 0 Å². The molecular formula is C20H26N2O3S. The highest BCUT2D eigenvalue weighted by Gasteiger charge is 2.24. The second-order valence-corrected chi connectivity index (χ2v) is 8.78. The van der Waals surface area contributed by atoms with Crippen LogP contribution >= 0.6 is 0 Å². The molecule has 2 aromatic rings. The number of nitrogens with one attached hydrogen (secondary N) is 1. The Morgan fingerprint density at radius 1 is 1.00 bits per heavy atom. The van der Waals surface area contributed by atoms with Gasteiger partial charge in [-0.3, -0.25) is 4.79 Å². The number of hydrogen-bond acceptors (Lipinski definition) is 3. The third-order valence-electron chi connectivity index (χ3n) is 4.06. The molecule has 0 aliphatic rings. The molecule has 2 rings (SSSR count). The van der Waals surface area contributed by atoms with Crippen LogP contribution in [-0.2, 0) is 14.8 Å². The summed E-state index contributed by atoms with van der Waals surface area (Å²) in [5, 5.41) is 2.97. The third kappa shape index (κ3) is 5.41. The van der Waals surface area contributed by atoms with Crippen molar-refractivity contribution in [3.63, 3.8) is 0 Å². The van der Waals surface area contributed by atoms with Crippen molar-refractivity contribution < 1.29 is 13.2 Å². The summed E-state index contributed by atoms with van der Waals surface area (Å²) in [5.41, 5.74) is 1.02. The summed E-state index contributed by atoms with van der Waals surface area (Å²) >= 11 is 0. The molecule has 140 valence electrons. The molecule has 1 atom stereocenters. The zero-order chi connectivity index (χ0) is 19.2. The minimum Gasteiger partial charge on any atom is -0.348 e. The van der Waals surface area contributed by atoms with Crippen LogP contribution in [0, 0.1) is 5.92 Å². The predicted octanol–water partition coefficient (Wildman–Crippen LogP) is 3.21. The summed E-state index contributed by atoms with van der Waals surface area (Å²) in [5.74, 6) is 0.0767. The van der Waals surface area contributed by atoms with Crippen molar-refractivity contribution in [1.29, 1.82) is 0 Å².